The van der Waals surface area contributed by atoms with Gasteiger partial charge in [-0.15, -0.1) is 0 Å². The monoisotopic (exact) mass is 335 g/mol. The van der Waals surface area contributed by atoms with E-state index in [4.69, 9.17) is 29.8 Å². The zero-order chi connectivity index (χ0) is 17.3. The van der Waals surface area contributed by atoms with E-state index in [9.17, 15) is 0 Å². The van der Waals surface area contributed by atoms with Gasteiger partial charge in [-0.3, -0.25) is 0 Å². The minimum atomic E-state index is -0.625. The van der Waals surface area contributed by atoms with Gasteiger partial charge in [0.15, 0.2) is 0 Å². The molecule has 122 valence electrons. The zero-order valence-corrected chi connectivity index (χ0v) is 14.4. The summed E-state index contributed by atoms with van der Waals surface area (Å²) in [5.74, 6) is 0. The molecule has 0 heterocycles. The first-order valence-electron chi connectivity index (χ1n) is 7.72. The Morgan fingerprint density at radius 2 is 1.08 bits per heavy atom. The molecule has 0 fully saturated rings. The van der Waals surface area contributed by atoms with Gasteiger partial charge < -0.3 is 17.2 Å². The third-order valence-electron chi connectivity index (χ3n) is 4.34. The summed E-state index contributed by atoms with van der Waals surface area (Å²) in [6.45, 7) is 2.00. The average Bonchev–Trinajstić information content (AvgIpc) is 2.58. The lowest BCUT2D eigenvalue weighted by Crippen LogP contribution is -2.23. The molecule has 3 aromatic carbocycles. The molecular weight excluding hydrogens is 314 g/mol. The number of hydrogen-bond donors (Lipinski definition) is 4. The second kappa shape index (κ2) is 6.13. The molecule has 0 aliphatic carbocycles. The van der Waals surface area contributed by atoms with Crippen molar-refractivity contribution in [2.75, 3.05) is 17.2 Å². The molecule has 6 N–H and O–H groups in total. The van der Waals surface area contributed by atoms with E-state index in [0.717, 1.165) is 39.3 Å². The van der Waals surface area contributed by atoms with Crippen LogP contribution in [0.15, 0.2) is 66.7 Å². The fraction of sp³-hybridized carbons (Fsp3) is 0.100. The zero-order valence-electron chi connectivity index (χ0n) is 13.5. The van der Waals surface area contributed by atoms with Crippen LogP contribution >= 0.6 is 12.6 Å². The summed E-state index contributed by atoms with van der Waals surface area (Å²) in [4.78, 5) is 0. The van der Waals surface area contributed by atoms with Crippen molar-refractivity contribution in [1.29, 1.82) is 0 Å². The van der Waals surface area contributed by atoms with E-state index in [1.807, 2.05) is 67.6 Å². The highest BCUT2D eigenvalue weighted by Crippen LogP contribution is 2.43. The molecule has 0 radical (unpaired) electrons. The summed E-state index contributed by atoms with van der Waals surface area (Å²) < 4.78 is -0.625. The molecule has 0 saturated heterocycles. The van der Waals surface area contributed by atoms with Gasteiger partial charge in [0.25, 0.3) is 0 Å². The molecule has 0 aliphatic rings. The molecule has 0 aromatic heterocycles. The van der Waals surface area contributed by atoms with E-state index in [1.165, 1.54) is 0 Å². The highest BCUT2D eigenvalue weighted by Gasteiger charge is 2.32. The molecular formula is C20H21N3S. The lowest BCUT2D eigenvalue weighted by atomic mass is 9.83. The van der Waals surface area contributed by atoms with Crippen LogP contribution in [0.1, 0.15) is 22.3 Å². The second-order valence-electron chi connectivity index (χ2n) is 6.03. The molecule has 0 atom stereocenters. The lowest BCUT2D eigenvalue weighted by Gasteiger charge is -2.31. The number of anilines is 3. The molecule has 0 bridgehead atoms. The molecule has 0 aliphatic heterocycles. The van der Waals surface area contributed by atoms with Crippen LogP contribution in [0, 0.1) is 6.92 Å². The Hall–Kier alpha value is -2.59. The van der Waals surface area contributed by atoms with Gasteiger partial charge in [-0.05, 0) is 59.5 Å². The third kappa shape index (κ3) is 2.81. The number of nitrogens with two attached hydrogens (primary N) is 3. The van der Waals surface area contributed by atoms with Gasteiger partial charge in [-0.1, -0.05) is 36.4 Å². The lowest BCUT2D eigenvalue weighted by molar-refractivity contribution is 0.903. The van der Waals surface area contributed by atoms with Gasteiger partial charge in [0.2, 0.25) is 0 Å². The molecule has 4 heteroatoms. The third-order valence-corrected chi connectivity index (χ3v) is 5.12. The van der Waals surface area contributed by atoms with Crippen LogP contribution in [0.5, 0.6) is 0 Å². The summed E-state index contributed by atoms with van der Waals surface area (Å²) in [5.41, 5.74) is 24.1. The van der Waals surface area contributed by atoms with Crippen LogP contribution in [-0.4, -0.2) is 0 Å². The number of aryl methyl sites for hydroxylation is 1. The summed E-state index contributed by atoms with van der Waals surface area (Å²) in [6.07, 6.45) is 0. The maximum absolute atomic E-state index is 5.99. The fourth-order valence-electron chi connectivity index (χ4n) is 2.85. The highest BCUT2D eigenvalue weighted by atomic mass is 32.1. The van der Waals surface area contributed by atoms with Gasteiger partial charge in [-0.25, -0.2) is 0 Å². The van der Waals surface area contributed by atoms with Crippen LogP contribution < -0.4 is 17.2 Å². The first-order chi connectivity index (χ1) is 11.4. The maximum Gasteiger partial charge on any atom is 0.0878 e. The SMILES string of the molecule is Cc1cc(C(S)(c2ccc(N)cc2)c2ccc(N)cc2)ccc1N. The predicted octanol–water partition coefficient (Wildman–Crippen LogP) is 3.96. The summed E-state index contributed by atoms with van der Waals surface area (Å²) in [5, 5.41) is 0. The molecule has 3 rings (SSSR count). The van der Waals surface area contributed by atoms with Crippen LogP contribution in [0.25, 0.3) is 0 Å². The van der Waals surface area contributed by atoms with Gasteiger partial charge >= 0.3 is 0 Å². The minimum absolute atomic E-state index is 0.625. The van der Waals surface area contributed by atoms with Crippen molar-refractivity contribution in [1.82, 2.24) is 0 Å². The molecule has 3 nitrogen and oxygen atoms in total. The quantitative estimate of drug-likeness (QED) is 0.332. The van der Waals surface area contributed by atoms with Gasteiger partial charge in [0.05, 0.1) is 4.75 Å². The average molecular weight is 335 g/mol. The maximum atomic E-state index is 5.99. The van der Waals surface area contributed by atoms with Crippen molar-refractivity contribution in [3.63, 3.8) is 0 Å². The van der Waals surface area contributed by atoms with E-state index < -0.39 is 4.75 Å². The molecule has 0 amide bonds. The van der Waals surface area contributed by atoms with Crippen molar-refractivity contribution < 1.29 is 0 Å². The second-order valence-corrected chi connectivity index (χ2v) is 6.70. The van der Waals surface area contributed by atoms with E-state index in [1.54, 1.807) is 0 Å². The molecule has 0 saturated carbocycles. The molecule has 0 unspecified atom stereocenters. The molecule has 0 spiro atoms. The van der Waals surface area contributed by atoms with Crippen molar-refractivity contribution in [3.05, 3.63) is 89.0 Å². The van der Waals surface area contributed by atoms with Gasteiger partial charge in [-0.2, -0.15) is 12.6 Å². The van der Waals surface area contributed by atoms with Gasteiger partial charge in [0.1, 0.15) is 0 Å². The Bertz CT molecular complexity index is 810. The van der Waals surface area contributed by atoms with Gasteiger partial charge in [0, 0.05) is 17.1 Å². The Labute approximate surface area is 147 Å². The fourth-order valence-corrected chi connectivity index (χ4v) is 3.29. The van der Waals surface area contributed by atoms with Crippen LogP contribution in [0.3, 0.4) is 0 Å². The Balaban J connectivity index is 2.25. The summed E-state index contributed by atoms with van der Waals surface area (Å²) in [7, 11) is 0. The first-order valence-corrected chi connectivity index (χ1v) is 8.17. The van der Waals surface area contributed by atoms with Crippen molar-refractivity contribution in [2.45, 2.75) is 11.7 Å². The van der Waals surface area contributed by atoms with E-state index in [-0.39, 0.29) is 0 Å². The largest absolute Gasteiger partial charge is 0.399 e. The Morgan fingerprint density at radius 1 is 0.667 bits per heavy atom. The number of hydrogen-bond acceptors (Lipinski definition) is 4. The van der Waals surface area contributed by atoms with Crippen molar-refractivity contribution >= 4 is 29.7 Å². The number of rotatable bonds is 3. The Kier molecular flexibility index (Phi) is 4.16. The van der Waals surface area contributed by atoms with E-state index in [0.29, 0.717) is 0 Å². The van der Waals surface area contributed by atoms with Crippen LogP contribution in [0.4, 0.5) is 17.1 Å². The predicted molar refractivity (Wildman–Crippen MR) is 106 cm³/mol. The van der Waals surface area contributed by atoms with Crippen LogP contribution in [-0.2, 0) is 4.75 Å². The standard InChI is InChI=1S/C20H21N3S/c1-13-12-16(6-11-19(13)23)20(24,14-2-7-17(21)8-3-14)15-4-9-18(22)10-5-15/h2-12,24H,21-23H2,1H3. The van der Waals surface area contributed by atoms with E-state index in [2.05, 4.69) is 6.07 Å². The van der Waals surface area contributed by atoms with Crippen LogP contribution in [0.2, 0.25) is 0 Å². The number of nitrogen functional groups attached to an aromatic ring is 3. The Morgan fingerprint density at radius 3 is 1.50 bits per heavy atom. The summed E-state index contributed by atoms with van der Waals surface area (Å²) >= 11 is 5.11. The molecule has 24 heavy (non-hydrogen) atoms. The number of benzene rings is 3. The highest BCUT2D eigenvalue weighted by molar-refractivity contribution is 7.81. The van der Waals surface area contributed by atoms with Crippen molar-refractivity contribution in [3.8, 4) is 0 Å². The summed E-state index contributed by atoms with van der Waals surface area (Å²) in [6, 6.07) is 21.6. The molecule has 3 aromatic rings. The normalized spacial score (nSPS) is 11.4. The first kappa shape index (κ1) is 16.3. The minimum Gasteiger partial charge on any atom is -0.399 e. The number of thiol groups is 1. The topological polar surface area (TPSA) is 78.1 Å². The smallest absolute Gasteiger partial charge is 0.0878 e. The van der Waals surface area contributed by atoms with E-state index >= 15 is 0 Å². The van der Waals surface area contributed by atoms with Crippen molar-refractivity contribution in [2.24, 2.45) is 0 Å².